The summed E-state index contributed by atoms with van der Waals surface area (Å²) in [5.41, 5.74) is 0.953. The number of rotatable bonds is 6. The van der Waals surface area contributed by atoms with Gasteiger partial charge in [0, 0.05) is 17.1 Å². The maximum atomic E-state index is 13.0. The molecule has 0 unspecified atom stereocenters. The molecule has 0 saturated carbocycles. The Labute approximate surface area is 193 Å². The number of benzene rings is 3. The van der Waals surface area contributed by atoms with Crippen LogP contribution in [0.3, 0.4) is 0 Å². The highest BCUT2D eigenvalue weighted by Crippen LogP contribution is 2.28. The topological polar surface area (TPSA) is 73.2 Å². The van der Waals surface area contributed by atoms with Crippen molar-refractivity contribution in [3.8, 4) is 22.1 Å². The van der Waals surface area contributed by atoms with E-state index in [-0.39, 0.29) is 18.0 Å². The lowest BCUT2D eigenvalue weighted by Crippen LogP contribution is -2.30. The highest BCUT2D eigenvalue weighted by atomic mass is 32.1. The maximum absolute atomic E-state index is 13.0. The van der Waals surface area contributed by atoms with E-state index in [4.69, 9.17) is 4.74 Å². The molecule has 0 aliphatic heterocycles. The Bertz CT molecular complexity index is 1480. The molecule has 7 heteroatoms. The van der Waals surface area contributed by atoms with E-state index >= 15 is 0 Å². The molecule has 0 saturated heterocycles. The lowest BCUT2D eigenvalue weighted by atomic mass is 10.1. The van der Waals surface area contributed by atoms with Gasteiger partial charge in [-0.2, -0.15) is 5.10 Å². The van der Waals surface area contributed by atoms with Crippen LogP contribution in [0.5, 0.6) is 11.5 Å². The summed E-state index contributed by atoms with van der Waals surface area (Å²) in [5.74, 6) is 0.947. The number of hydrogen-bond acceptors (Lipinski definition) is 5. The van der Waals surface area contributed by atoms with Crippen LogP contribution in [0.15, 0.2) is 101 Å². The van der Waals surface area contributed by atoms with Crippen molar-refractivity contribution in [2.75, 3.05) is 5.32 Å². The van der Waals surface area contributed by atoms with Gasteiger partial charge in [-0.1, -0.05) is 48.5 Å². The minimum atomic E-state index is -0.353. The van der Waals surface area contributed by atoms with E-state index in [0.717, 1.165) is 10.3 Å². The summed E-state index contributed by atoms with van der Waals surface area (Å²) in [7, 11) is 0. The van der Waals surface area contributed by atoms with E-state index in [0.29, 0.717) is 28.3 Å². The van der Waals surface area contributed by atoms with Gasteiger partial charge in [0.25, 0.3) is 5.56 Å². The largest absolute Gasteiger partial charge is 0.457 e. The third-order valence-corrected chi connectivity index (χ3v) is 5.89. The zero-order chi connectivity index (χ0) is 22.6. The number of aromatic nitrogens is 2. The summed E-state index contributed by atoms with van der Waals surface area (Å²) in [5, 5.41) is 10.6. The molecular weight excluding hydrogens is 434 g/mol. The zero-order valence-corrected chi connectivity index (χ0v) is 18.3. The maximum Gasteiger partial charge on any atom is 0.275 e. The molecular formula is C26H19N3O3S. The van der Waals surface area contributed by atoms with Gasteiger partial charge in [-0.25, -0.2) is 4.68 Å². The minimum absolute atomic E-state index is 0.203. The van der Waals surface area contributed by atoms with Crippen LogP contribution >= 0.6 is 11.3 Å². The predicted molar refractivity (Wildman–Crippen MR) is 131 cm³/mol. The van der Waals surface area contributed by atoms with Crippen molar-refractivity contribution in [3.05, 3.63) is 107 Å². The molecule has 0 aliphatic rings. The van der Waals surface area contributed by atoms with Gasteiger partial charge in [-0.05, 0) is 41.8 Å². The number of nitrogens with one attached hydrogen (secondary N) is 1. The number of nitrogens with zero attached hydrogens (tertiary/aromatic N) is 2. The van der Waals surface area contributed by atoms with Crippen LogP contribution in [-0.4, -0.2) is 15.7 Å². The first kappa shape index (κ1) is 20.7. The predicted octanol–water partition coefficient (Wildman–Crippen LogP) is 5.56. The number of ether oxygens (including phenoxy) is 1. The first-order valence-corrected chi connectivity index (χ1v) is 11.2. The van der Waals surface area contributed by atoms with Crippen molar-refractivity contribution in [1.82, 2.24) is 9.78 Å². The van der Waals surface area contributed by atoms with E-state index in [1.165, 1.54) is 16.0 Å². The average molecular weight is 454 g/mol. The van der Waals surface area contributed by atoms with E-state index < -0.39 is 0 Å². The number of thiophene rings is 1. The molecule has 2 heterocycles. The van der Waals surface area contributed by atoms with Crippen LogP contribution in [0.2, 0.25) is 0 Å². The zero-order valence-electron chi connectivity index (χ0n) is 17.5. The summed E-state index contributed by atoms with van der Waals surface area (Å²) in [4.78, 5) is 26.7. The molecule has 0 bridgehead atoms. The monoisotopic (exact) mass is 453 g/mol. The van der Waals surface area contributed by atoms with E-state index in [2.05, 4.69) is 10.4 Å². The SMILES string of the molecule is O=C(Cn1nc(-c2cccs2)c2ccccc2c1=O)Nc1cccc(Oc2ccccc2)c1. The molecule has 2 aromatic heterocycles. The number of hydrogen-bond donors (Lipinski definition) is 1. The number of anilines is 1. The van der Waals surface area contributed by atoms with Crippen molar-refractivity contribution < 1.29 is 9.53 Å². The molecule has 0 fully saturated rings. The lowest BCUT2D eigenvalue weighted by Gasteiger charge is -2.11. The van der Waals surface area contributed by atoms with Crippen molar-refractivity contribution in [1.29, 1.82) is 0 Å². The van der Waals surface area contributed by atoms with Crippen molar-refractivity contribution in [2.24, 2.45) is 0 Å². The van der Waals surface area contributed by atoms with E-state index in [1.807, 2.05) is 72.1 Å². The number of carbonyl (C=O) groups excluding carboxylic acids is 1. The van der Waals surface area contributed by atoms with Crippen molar-refractivity contribution >= 4 is 33.7 Å². The van der Waals surface area contributed by atoms with Gasteiger partial charge in [-0.3, -0.25) is 9.59 Å². The van der Waals surface area contributed by atoms with Crippen molar-refractivity contribution in [2.45, 2.75) is 6.54 Å². The van der Waals surface area contributed by atoms with Gasteiger partial charge in [0.2, 0.25) is 5.91 Å². The highest BCUT2D eigenvalue weighted by molar-refractivity contribution is 7.13. The minimum Gasteiger partial charge on any atom is -0.457 e. The molecule has 6 nitrogen and oxygen atoms in total. The van der Waals surface area contributed by atoms with E-state index in [1.54, 1.807) is 24.3 Å². The van der Waals surface area contributed by atoms with Crippen LogP contribution in [0.1, 0.15) is 0 Å². The molecule has 1 N–H and O–H groups in total. The summed E-state index contributed by atoms with van der Waals surface area (Å²) in [6.45, 7) is -0.203. The summed E-state index contributed by atoms with van der Waals surface area (Å²) in [6.07, 6.45) is 0. The molecule has 0 aliphatic carbocycles. The summed E-state index contributed by atoms with van der Waals surface area (Å²) in [6, 6.07) is 27.7. The Kier molecular flexibility index (Phi) is 5.70. The third-order valence-electron chi connectivity index (χ3n) is 5.01. The molecule has 0 radical (unpaired) electrons. The molecule has 0 atom stereocenters. The molecule has 5 rings (SSSR count). The van der Waals surface area contributed by atoms with Crippen LogP contribution in [0.4, 0.5) is 5.69 Å². The van der Waals surface area contributed by atoms with Gasteiger partial charge in [-0.15, -0.1) is 11.3 Å². The quantitative estimate of drug-likeness (QED) is 0.366. The third kappa shape index (κ3) is 4.53. The average Bonchev–Trinajstić information content (AvgIpc) is 3.37. The second-order valence-corrected chi connectivity index (χ2v) is 8.27. The number of carbonyl (C=O) groups is 1. The number of fused-ring (bicyclic) bond motifs is 1. The molecule has 0 spiro atoms. The van der Waals surface area contributed by atoms with Gasteiger partial charge < -0.3 is 10.1 Å². The van der Waals surface area contributed by atoms with Gasteiger partial charge in [0.05, 0.1) is 10.3 Å². The Balaban J connectivity index is 1.39. The first-order valence-electron chi connectivity index (χ1n) is 10.3. The van der Waals surface area contributed by atoms with Crippen molar-refractivity contribution in [3.63, 3.8) is 0 Å². The Morgan fingerprint density at radius 2 is 1.64 bits per heavy atom. The molecule has 5 aromatic rings. The standard InChI is InChI=1S/C26H19N3O3S/c30-24(27-18-8-6-11-20(16-18)32-19-9-2-1-3-10-19)17-29-26(31)22-13-5-4-12-21(22)25(28-29)23-14-7-15-33-23/h1-16H,17H2,(H,27,30). The number of para-hydroxylation sites is 1. The summed E-state index contributed by atoms with van der Waals surface area (Å²) >= 11 is 1.54. The van der Waals surface area contributed by atoms with Crippen LogP contribution in [0, 0.1) is 0 Å². The second-order valence-electron chi connectivity index (χ2n) is 7.33. The molecule has 3 aromatic carbocycles. The van der Waals surface area contributed by atoms with Crippen LogP contribution in [-0.2, 0) is 11.3 Å². The van der Waals surface area contributed by atoms with E-state index in [9.17, 15) is 9.59 Å². The summed E-state index contributed by atoms with van der Waals surface area (Å²) < 4.78 is 7.04. The Morgan fingerprint density at radius 1 is 0.879 bits per heavy atom. The van der Waals surface area contributed by atoms with Crippen LogP contribution in [0.25, 0.3) is 21.3 Å². The van der Waals surface area contributed by atoms with Gasteiger partial charge in [0.1, 0.15) is 23.7 Å². The molecule has 1 amide bonds. The fourth-order valence-electron chi connectivity index (χ4n) is 3.54. The Morgan fingerprint density at radius 3 is 2.42 bits per heavy atom. The second kappa shape index (κ2) is 9.10. The van der Waals surface area contributed by atoms with Gasteiger partial charge >= 0.3 is 0 Å². The normalized spacial score (nSPS) is 10.8. The first-order chi connectivity index (χ1) is 16.2. The van der Waals surface area contributed by atoms with Crippen LogP contribution < -0.4 is 15.6 Å². The fraction of sp³-hybridized carbons (Fsp3) is 0.0385. The fourth-order valence-corrected chi connectivity index (χ4v) is 4.26. The van der Waals surface area contributed by atoms with Gasteiger partial charge in [0.15, 0.2) is 0 Å². The number of amides is 1. The Hall–Kier alpha value is -4.23. The molecule has 33 heavy (non-hydrogen) atoms. The lowest BCUT2D eigenvalue weighted by molar-refractivity contribution is -0.117. The molecule has 162 valence electrons. The highest BCUT2D eigenvalue weighted by Gasteiger charge is 2.15. The smallest absolute Gasteiger partial charge is 0.275 e.